The molecule has 2 aromatic carbocycles. The third kappa shape index (κ3) is 5.05. The first-order valence-electron chi connectivity index (χ1n) is 10.6. The number of fused-ring (bicyclic) bond motifs is 1. The normalized spacial score (nSPS) is 17.4. The molecule has 0 saturated carbocycles. The summed E-state index contributed by atoms with van der Waals surface area (Å²) in [5, 5.41) is 10.2. The zero-order chi connectivity index (χ0) is 23.8. The molecule has 7 heteroatoms. The Morgan fingerprint density at radius 3 is 2.25 bits per heavy atom. The average molecular weight is 458 g/mol. The summed E-state index contributed by atoms with van der Waals surface area (Å²) in [6, 6.07) is 7.89. The second-order valence-corrected chi connectivity index (χ2v) is 11.0. The number of nitrogens with one attached hydrogen (secondary N) is 1. The standard InChI is InChI=1S/C25H31NO5S/c1-15-10-12-18(13-11-15)20-16(2)19-9-7-8-14-32(29,30)26-22(19)17(3)21(20)23(24(27)28)31-25(4,5)6/h7-8,10-13,23,26H,9,14H2,1-6H3,(H,27,28)/b8-7-/t23-/m0/s1. The van der Waals surface area contributed by atoms with Crippen molar-refractivity contribution in [3.8, 4) is 11.1 Å². The Labute approximate surface area is 190 Å². The molecule has 1 aliphatic rings. The number of anilines is 1. The quantitative estimate of drug-likeness (QED) is 0.625. The highest BCUT2D eigenvalue weighted by atomic mass is 32.2. The van der Waals surface area contributed by atoms with E-state index in [9.17, 15) is 18.3 Å². The maximum Gasteiger partial charge on any atom is 0.337 e. The Morgan fingerprint density at radius 2 is 1.69 bits per heavy atom. The van der Waals surface area contributed by atoms with Crippen LogP contribution in [0, 0.1) is 20.8 Å². The van der Waals surface area contributed by atoms with Crippen LogP contribution in [0.15, 0.2) is 36.4 Å². The molecule has 2 N–H and O–H groups in total. The molecule has 0 unspecified atom stereocenters. The maximum atomic E-state index is 12.6. The van der Waals surface area contributed by atoms with Crippen molar-refractivity contribution in [1.82, 2.24) is 0 Å². The summed E-state index contributed by atoms with van der Waals surface area (Å²) < 4.78 is 33.9. The van der Waals surface area contributed by atoms with E-state index in [2.05, 4.69) is 4.72 Å². The van der Waals surface area contributed by atoms with Crippen molar-refractivity contribution in [3.05, 3.63) is 64.2 Å². The van der Waals surface area contributed by atoms with Crippen LogP contribution in [0.4, 0.5) is 5.69 Å². The Balaban J connectivity index is 2.43. The van der Waals surface area contributed by atoms with E-state index in [1.807, 2.05) is 44.2 Å². The van der Waals surface area contributed by atoms with Crippen molar-refractivity contribution in [2.24, 2.45) is 0 Å². The molecule has 0 aliphatic carbocycles. The predicted molar refractivity (Wildman–Crippen MR) is 128 cm³/mol. The largest absolute Gasteiger partial charge is 0.479 e. The predicted octanol–water partition coefficient (Wildman–Crippen LogP) is 5.07. The molecule has 32 heavy (non-hydrogen) atoms. The molecule has 1 aliphatic heterocycles. The second-order valence-electron chi connectivity index (χ2n) is 9.27. The van der Waals surface area contributed by atoms with Gasteiger partial charge in [-0.2, -0.15) is 0 Å². The summed E-state index contributed by atoms with van der Waals surface area (Å²) in [7, 11) is -3.60. The lowest BCUT2D eigenvalue weighted by Gasteiger charge is -2.31. The monoisotopic (exact) mass is 457 g/mol. The fourth-order valence-corrected chi connectivity index (χ4v) is 5.14. The van der Waals surface area contributed by atoms with Gasteiger partial charge in [0.05, 0.1) is 17.0 Å². The van der Waals surface area contributed by atoms with Gasteiger partial charge in [0, 0.05) is 5.56 Å². The van der Waals surface area contributed by atoms with Gasteiger partial charge >= 0.3 is 5.97 Å². The van der Waals surface area contributed by atoms with E-state index in [1.165, 1.54) is 0 Å². The van der Waals surface area contributed by atoms with Crippen LogP contribution in [-0.4, -0.2) is 30.8 Å². The number of ether oxygens (including phenoxy) is 1. The van der Waals surface area contributed by atoms with E-state index in [0.29, 0.717) is 23.2 Å². The molecule has 2 aromatic rings. The summed E-state index contributed by atoms with van der Waals surface area (Å²) in [6.07, 6.45) is 2.77. The van der Waals surface area contributed by atoms with Crippen molar-refractivity contribution in [2.75, 3.05) is 10.5 Å². The number of rotatable bonds is 4. The molecule has 0 radical (unpaired) electrons. The van der Waals surface area contributed by atoms with E-state index in [4.69, 9.17) is 4.74 Å². The van der Waals surface area contributed by atoms with Crippen LogP contribution in [0.5, 0.6) is 0 Å². The molecule has 0 spiro atoms. The van der Waals surface area contributed by atoms with Crippen molar-refractivity contribution < 1.29 is 23.1 Å². The van der Waals surface area contributed by atoms with Crippen LogP contribution >= 0.6 is 0 Å². The molecule has 0 aromatic heterocycles. The molecule has 172 valence electrons. The first kappa shape index (κ1) is 24.0. The minimum absolute atomic E-state index is 0.124. The highest BCUT2D eigenvalue weighted by Gasteiger charge is 2.34. The molecule has 0 amide bonds. The number of allylic oxidation sites excluding steroid dienone is 1. The van der Waals surface area contributed by atoms with Crippen molar-refractivity contribution >= 4 is 21.7 Å². The van der Waals surface area contributed by atoms with E-state index < -0.39 is 27.7 Å². The Morgan fingerprint density at radius 1 is 1.06 bits per heavy atom. The fraction of sp³-hybridized carbons (Fsp3) is 0.400. The highest BCUT2D eigenvalue weighted by molar-refractivity contribution is 7.92. The van der Waals surface area contributed by atoms with Gasteiger partial charge in [0.1, 0.15) is 0 Å². The number of sulfonamides is 1. The maximum absolute atomic E-state index is 12.6. The Hall–Kier alpha value is -2.64. The molecule has 0 bridgehead atoms. The lowest BCUT2D eigenvalue weighted by Crippen LogP contribution is -2.29. The molecule has 0 fully saturated rings. The Kier molecular flexibility index (Phi) is 6.54. The minimum atomic E-state index is -3.60. The first-order valence-corrected chi connectivity index (χ1v) is 12.2. The summed E-state index contributed by atoms with van der Waals surface area (Å²) in [5.74, 6) is -1.25. The zero-order valence-electron chi connectivity index (χ0n) is 19.4. The third-order valence-corrected chi connectivity index (χ3v) is 6.68. The van der Waals surface area contributed by atoms with Crippen LogP contribution in [0.1, 0.15) is 54.7 Å². The molecule has 1 heterocycles. The van der Waals surface area contributed by atoms with Gasteiger partial charge in [0.15, 0.2) is 6.10 Å². The van der Waals surface area contributed by atoms with E-state index >= 15 is 0 Å². The number of carboxylic acids is 1. The highest BCUT2D eigenvalue weighted by Crippen LogP contribution is 2.44. The summed E-state index contributed by atoms with van der Waals surface area (Å²) in [6.45, 7) is 11.1. The average Bonchev–Trinajstić information content (AvgIpc) is 2.66. The molecular weight excluding hydrogens is 426 g/mol. The van der Waals surface area contributed by atoms with Crippen LogP contribution in [0.3, 0.4) is 0 Å². The van der Waals surface area contributed by atoms with Crippen LogP contribution in [-0.2, 0) is 26.0 Å². The smallest absolute Gasteiger partial charge is 0.337 e. The minimum Gasteiger partial charge on any atom is -0.479 e. The Bertz CT molecular complexity index is 1170. The van der Waals surface area contributed by atoms with E-state index in [0.717, 1.165) is 27.8 Å². The fourth-order valence-electron chi connectivity index (χ4n) is 4.08. The number of aryl methyl sites for hydroxylation is 1. The number of aliphatic carboxylic acids is 1. The summed E-state index contributed by atoms with van der Waals surface area (Å²) in [4.78, 5) is 12.4. The zero-order valence-corrected chi connectivity index (χ0v) is 20.3. The molecule has 3 rings (SSSR count). The second kappa shape index (κ2) is 8.71. The lowest BCUT2D eigenvalue weighted by molar-refractivity contribution is -0.160. The number of carbonyl (C=O) groups is 1. The SMILES string of the molecule is Cc1ccc(-c2c(C)c3c(c(C)c2[C@H](OC(C)(C)C)C(=O)O)NS(=O)(=O)C/C=C\C3)cc1. The number of hydrogen-bond donors (Lipinski definition) is 2. The molecule has 6 nitrogen and oxygen atoms in total. The third-order valence-electron chi connectivity index (χ3n) is 5.54. The summed E-state index contributed by atoms with van der Waals surface area (Å²) in [5.41, 5.74) is 5.16. The summed E-state index contributed by atoms with van der Waals surface area (Å²) >= 11 is 0. The van der Waals surface area contributed by atoms with Crippen molar-refractivity contribution in [2.45, 2.75) is 59.7 Å². The van der Waals surface area contributed by atoms with Gasteiger partial charge in [-0.05, 0) is 75.8 Å². The number of carboxylic acid groups (broad SMARTS) is 1. The topological polar surface area (TPSA) is 92.7 Å². The van der Waals surface area contributed by atoms with E-state index in [1.54, 1.807) is 33.8 Å². The van der Waals surface area contributed by atoms with Crippen LogP contribution in [0.2, 0.25) is 0 Å². The van der Waals surface area contributed by atoms with Gasteiger partial charge in [-0.3, -0.25) is 4.72 Å². The van der Waals surface area contributed by atoms with Gasteiger partial charge in [-0.1, -0.05) is 42.0 Å². The number of hydrogen-bond acceptors (Lipinski definition) is 4. The number of benzene rings is 2. The first-order chi connectivity index (χ1) is 14.8. The van der Waals surface area contributed by atoms with Gasteiger partial charge in [-0.15, -0.1) is 0 Å². The van der Waals surface area contributed by atoms with Gasteiger partial charge < -0.3 is 9.84 Å². The van der Waals surface area contributed by atoms with Crippen LogP contribution < -0.4 is 4.72 Å². The lowest BCUT2D eigenvalue weighted by atomic mass is 9.83. The van der Waals surface area contributed by atoms with Gasteiger partial charge in [0.25, 0.3) is 0 Å². The van der Waals surface area contributed by atoms with Gasteiger partial charge in [0.2, 0.25) is 10.0 Å². The van der Waals surface area contributed by atoms with Gasteiger partial charge in [-0.25, -0.2) is 13.2 Å². The molecule has 1 atom stereocenters. The van der Waals surface area contributed by atoms with Crippen LogP contribution in [0.25, 0.3) is 11.1 Å². The van der Waals surface area contributed by atoms with Crippen molar-refractivity contribution in [1.29, 1.82) is 0 Å². The van der Waals surface area contributed by atoms with Crippen molar-refractivity contribution in [3.63, 3.8) is 0 Å². The van der Waals surface area contributed by atoms with E-state index in [-0.39, 0.29) is 5.75 Å². The molecule has 0 saturated heterocycles. The molecular formula is C25H31NO5S.